The zero-order valence-electron chi connectivity index (χ0n) is 42.8. The molecule has 2 aromatic heterocycles. The number of para-hydroxylation sites is 1. The molecule has 2 heterocycles. The predicted molar refractivity (Wildman–Crippen MR) is 331 cm³/mol. The minimum atomic E-state index is 0.619. The maximum atomic E-state index is 5.15. The van der Waals surface area contributed by atoms with Crippen LogP contribution >= 0.6 is 0 Å². The van der Waals surface area contributed by atoms with Gasteiger partial charge in [-0.05, 0) is 123 Å². The molecule has 0 aliphatic heterocycles. The van der Waals surface area contributed by atoms with Crippen molar-refractivity contribution in [1.29, 1.82) is 0 Å². The van der Waals surface area contributed by atoms with E-state index in [1.807, 2.05) is 36.4 Å². The van der Waals surface area contributed by atoms with E-state index in [1.54, 1.807) is 0 Å². The van der Waals surface area contributed by atoms with Gasteiger partial charge in [0.15, 0.2) is 17.5 Å². The summed E-state index contributed by atoms with van der Waals surface area (Å²) in [4.78, 5) is 15.3. The van der Waals surface area contributed by atoms with Crippen LogP contribution in [0, 0.1) is 0 Å². The summed E-state index contributed by atoms with van der Waals surface area (Å²) < 4.78 is 2.40. The average molecular weight is 1000 g/mol. The third-order valence-corrected chi connectivity index (χ3v) is 16.2. The van der Waals surface area contributed by atoms with Crippen LogP contribution in [0.3, 0.4) is 0 Å². The Morgan fingerprint density at radius 3 is 1.03 bits per heavy atom. The molecule has 16 aromatic rings. The van der Waals surface area contributed by atoms with Gasteiger partial charge in [-0.15, -0.1) is 0 Å². The lowest BCUT2D eigenvalue weighted by Gasteiger charge is -2.27. The van der Waals surface area contributed by atoms with Gasteiger partial charge in [-0.1, -0.05) is 255 Å². The van der Waals surface area contributed by atoms with Gasteiger partial charge in [-0.3, -0.25) is 0 Å². The summed E-state index contributed by atoms with van der Waals surface area (Å²) in [6, 6.07) is 101. The molecule has 4 nitrogen and oxygen atoms in total. The van der Waals surface area contributed by atoms with Crippen molar-refractivity contribution in [3.8, 4) is 84.4 Å². The van der Waals surface area contributed by atoms with Crippen LogP contribution in [-0.4, -0.2) is 19.5 Å². The smallest absolute Gasteiger partial charge is 0.164 e. The van der Waals surface area contributed by atoms with Gasteiger partial charge in [0.25, 0.3) is 0 Å². The molecule has 79 heavy (non-hydrogen) atoms. The van der Waals surface area contributed by atoms with Gasteiger partial charge in [0.05, 0.1) is 11.0 Å². The lowest BCUT2D eigenvalue weighted by molar-refractivity contribution is 1.07. The number of rotatable bonds is 8. The fourth-order valence-electron chi connectivity index (χ4n) is 12.8. The van der Waals surface area contributed by atoms with Crippen molar-refractivity contribution in [2.75, 3.05) is 0 Å². The Kier molecular flexibility index (Phi) is 10.2. The number of fused-ring (bicyclic) bond motifs is 9. The molecule has 0 radical (unpaired) electrons. The first-order chi connectivity index (χ1) is 39.2. The molecule has 0 spiro atoms. The predicted octanol–water partition coefficient (Wildman–Crippen LogP) is 19.8. The molecule has 0 N–H and O–H groups in total. The maximum Gasteiger partial charge on any atom is 0.164 e. The van der Waals surface area contributed by atoms with E-state index >= 15 is 0 Å². The van der Waals surface area contributed by atoms with Crippen LogP contribution in [0.15, 0.2) is 279 Å². The number of benzene rings is 14. The molecule has 0 atom stereocenters. The highest BCUT2D eigenvalue weighted by Crippen LogP contribution is 2.56. The Morgan fingerprint density at radius 1 is 0.203 bits per heavy atom. The lowest BCUT2D eigenvalue weighted by atomic mass is 9.75. The van der Waals surface area contributed by atoms with Crippen molar-refractivity contribution in [2.45, 2.75) is 0 Å². The fourth-order valence-corrected chi connectivity index (χ4v) is 12.8. The van der Waals surface area contributed by atoms with Crippen LogP contribution in [0.2, 0.25) is 0 Å². The van der Waals surface area contributed by atoms with Crippen LogP contribution in [0.25, 0.3) is 160 Å². The molecule has 4 heteroatoms. The molecule has 0 saturated heterocycles. The molecule has 0 amide bonds. The van der Waals surface area contributed by atoms with Gasteiger partial charge in [-0.25, -0.2) is 15.0 Å². The summed E-state index contributed by atoms with van der Waals surface area (Å²) in [6.45, 7) is 0. The summed E-state index contributed by atoms with van der Waals surface area (Å²) in [5, 5.41) is 15.1. The van der Waals surface area contributed by atoms with Gasteiger partial charge in [0.1, 0.15) is 0 Å². The minimum Gasteiger partial charge on any atom is -0.309 e. The molecule has 0 unspecified atom stereocenters. The highest BCUT2D eigenvalue weighted by atomic mass is 15.0. The van der Waals surface area contributed by atoms with Crippen molar-refractivity contribution in [3.63, 3.8) is 0 Å². The maximum absolute atomic E-state index is 5.15. The SMILES string of the molecule is c1ccc(-c2nc(-c3ccccc3)nc(-c3ccc4c5ccccc5n(-c5ccc(-c6c(-c7ccccc7)c(-c7ccccc7)c7c8cccc9c%10ccccc%10c%10cccc(c7c6-c6ccccc6)c%10c98)cc5)c4c3)n2)cc1. The second kappa shape index (κ2) is 18.1. The van der Waals surface area contributed by atoms with E-state index in [9.17, 15) is 0 Å². The first-order valence-corrected chi connectivity index (χ1v) is 27.0. The summed E-state index contributed by atoms with van der Waals surface area (Å²) in [6.07, 6.45) is 0. The zero-order valence-corrected chi connectivity index (χ0v) is 42.8. The van der Waals surface area contributed by atoms with Gasteiger partial charge in [-0.2, -0.15) is 0 Å². The second-order valence-corrected chi connectivity index (χ2v) is 20.5. The molecule has 0 aliphatic carbocycles. The molecular formula is C75H46N4. The standard InChI is InChI=1S/C75H46N4/c1-6-22-47(23-7-1)65-66(68(49-26-10-3-11-27-49)72-62-38-21-36-60-56-33-17-16-32-55(56)59-35-20-37-61(69(59)70(60)62)71(72)67(65)48-24-8-2-9-25-48)50-40-43-54(44-41-50)79-63-39-19-18-34-57(63)58-45-42-53(46-64(58)79)75-77-73(51-28-12-4-13-29-51)76-74(78-75)52-30-14-5-15-31-52/h1-46H. The molecule has 0 bridgehead atoms. The molecule has 0 aliphatic rings. The number of nitrogens with zero attached hydrogens (tertiary/aromatic N) is 4. The van der Waals surface area contributed by atoms with Crippen molar-refractivity contribution in [3.05, 3.63) is 279 Å². The van der Waals surface area contributed by atoms with Gasteiger partial charge >= 0.3 is 0 Å². The van der Waals surface area contributed by atoms with E-state index in [-0.39, 0.29) is 0 Å². The third kappa shape index (κ3) is 7.05. The van der Waals surface area contributed by atoms with Gasteiger partial charge in [0.2, 0.25) is 0 Å². The fraction of sp³-hybridized carbons (Fsp3) is 0. The summed E-state index contributed by atoms with van der Waals surface area (Å²) in [5.74, 6) is 1.89. The van der Waals surface area contributed by atoms with Crippen LogP contribution in [0.5, 0.6) is 0 Å². The van der Waals surface area contributed by atoms with Crippen molar-refractivity contribution < 1.29 is 0 Å². The topological polar surface area (TPSA) is 43.6 Å². The second-order valence-electron chi connectivity index (χ2n) is 20.5. The first-order valence-electron chi connectivity index (χ1n) is 27.0. The number of hydrogen-bond donors (Lipinski definition) is 0. The monoisotopic (exact) mass is 1000 g/mol. The molecule has 0 fully saturated rings. The van der Waals surface area contributed by atoms with Crippen LogP contribution in [0.4, 0.5) is 0 Å². The van der Waals surface area contributed by atoms with Crippen LogP contribution in [0.1, 0.15) is 0 Å². The molecule has 366 valence electrons. The first kappa shape index (κ1) is 44.7. The van der Waals surface area contributed by atoms with Crippen molar-refractivity contribution in [1.82, 2.24) is 19.5 Å². The summed E-state index contributed by atoms with van der Waals surface area (Å²) in [7, 11) is 0. The Hall–Kier alpha value is -10.6. The molecule has 14 aromatic carbocycles. The van der Waals surface area contributed by atoms with E-state index in [0.717, 1.165) is 49.9 Å². The van der Waals surface area contributed by atoms with E-state index in [1.165, 1.54) is 92.6 Å². The highest BCUT2D eigenvalue weighted by Gasteiger charge is 2.29. The Labute approximate surface area is 456 Å². The normalized spacial score (nSPS) is 11.8. The van der Waals surface area contributed by atoms with Crippen LogP contribution in [-0.2, 0) is 0 Å². The van der Waals surface area contributed by atoms with Gasteiger partial charge in [0, 0.05) is 33.2 Å². The molecule has 0 saturated carbocycles. The van der Waals surface area contributed by atoms with E-state index in [4.69, 9.17) is 15.0 Å². The van der Waals surface area contributed by atoms with E-state index < -0.39 is 0 Å². The summed E-state index contributed by atoms with van der Waals surface area (Å²) >= 11 is 0. The van der Waals surface area contributed by atoms with Crippen molar-refractivity contribution in [2.24, 2.45) is 0 Å². The quantitative estimate of drug-likeness (QED) is 0.113. The van der Waals surface area contributed by atoms with E-state index in [2.05, 4.69) is 247 Å². The Balaban J connectivity index is 0.987. The summed E-state index contributed by atoms with van der Waals surface area (Å²) in [5.41, 5.74) is 15.5. The average Bonchev–Trinajstić information content (AvgIpc) is 4.06. The highest BCUT2D eigenvalue weighted by molar-refractivity contribution is 6.43. The van der Waals surface area contributed by atoms with Gasteiger partial charge < -0.3 is 4.57 Å². The van der Waals surface area contributed by atoms with Crippen molar-refractivity contribution >= 4 is 75.7 Å². The number of hydrogen-bond acceptors (Lipinski definition) is 3. The zero-order chi connectivity index (χ0) is 52.0. The largest absolute Gasteiger partial charge is 0.309 e. The molecular weight excluding hydrogens is 957 g/mol. The molecule has 16 rings (SSSR count). The van der Waals surface area contributed by atoms with E-state index in [0.29, 0.717) is 17.5 Å². The Morgan fingerprint density at radius 2 is 0.544 bits per heavy atom. The minimum absolute atomic E-state index is 0.619. The lowest BCUT2D eigenvalue weighted by Crippen LogP contribution is -2.01. The number of aromatic nitrogens is 4. The third-order valence-electron chi connectivity index (χ3n) is 16.2. The van der Waals surface area contributed by atoms with Crippen LogP contribution < -0.4 is 0 Å². The Bertz CT molecular complexity index is 4960.